The number of hydrogen-bond acceptors (Lipinski definition) is 2. The van der Waals surface area contributed by atoms with Crippen LogP contribution in [0.5, 0.6) is 0 Å². The van der Waals surface area contributed by atoms with Crippen molar-refractivity contribution < 1.29 is 0 Å². The summed E-state index contributed by atoms with van der Waals surface area (Å²) in [6.45, 7) is 6.60. The van der Waals surface area contributed by atoms with Gasteiger partial charge in [-0.15, -0.1) is 24.0 Å². The molecule has 0 amide bonds. The monoisotopic (exact) mass is 413 g/mol. The van der Waals surface area contributed by atoms with Crippen LogP contribution in [0.2, 0.25) is 0 Å². The van der Waals surface area contributed by atoms with Crippen molar-refractivity contribution >= 4 is 29.9 Å². The summed E-state index contributed by atoms with van der Waals surface area (Å²) in [6.07, 6.45) is 5.54. The zero-order valence-corrected chi connectivity index (χ0v) is 15.4. The van der Waals surface area contributed by atoms with Gasteiger partial charge in [-0.25, -0.2) is 4.98 Å². The molecule has 0 saturated carbocycles. The van der Waals surface area contributed by atoms with Crippen molar-refractivity contribution in [1.82, 2.24) is 20.2 Å². The number of guanidine groups is 1. The van der Waals surface area contributed by atoms with E-state index in [1.165, 1.54) is 5.56 Å². The van der Waals surface area contributed by atoms with Gasteiger partial charge in [-0.05, 0) is 19.4 Å². The standard InChI is InChI=1S/C16H23N5.HI/c1-3-18-16(19-10-12-21-11-9-17-13-21)20-14(2)15-7-5-4-6-8-15;/h4-9,11,13-14H,3,10,12H2,1-2H3,(H2,18,19,20);1H. The molecule has 2 N–H and O–H groups in total. The summed E-state index contributed by atoms with van der Waals surface area (Å²) < 4.78 is 2.02. The molecule has 0 aliphatic heterocycles. The van der Waals surface area contributed by atoms with E-state index >= 15 is 0 Å². The first-order valence-corrected chi connectivity index (χ1v) is 7.35. The number of halogens is 1. The maximum atomic E-state index is 4.60. The molecule has 120 valence electrons. The number of benzene rings is 1. The average molecular weight is 413 g/mol. The Hall–Kier alpha value is -1.57. The highest BCUT2D eigenvalue weighted by molar-refractivity contribution is 14.0. The van der Waals surface area contributed by atoms with Crippen LogP contribution < -0.4 is 10.6 Å². The maximum Gasteiger partial charge on any atom is 0.191 e. The van der Waals surface area contributed by atoms with Crippen molar-refractivity contribution in [2.24, 2.45) is 4.99 Å². The van der Waals surface area contributed by atoms with E-state index < -0.39 is 0 Å². The molecule has 0 aliphatic carbocycles. The van der Waals surface area contributed by atoms with E-state index in [-0.39, 0.29) is 30.0 Å². The van der Waals surface area contributed by atoms with Gasteiger partial charge in [-0.3, -0.25) is 4.99 Å². The zero-order chi connectivity index (χ0) is 14.9. The molecular formula is C16H24IN5. The van der Waals surface area contributed by atoms with E-state index in [2.05, 4.69) is 58.7 Å². The Bertz CT molecular complexity index is 539. The second-order valence-corrected chi connectivity index (χ2v) is 4.84. The second-order valence-electron chi connectivity index (χ2n) is 4.84. The molecule has 1 atom stereocenters. The number of nitrogens with one attached hydrogen (secondary N) is 2. The third-order valence-corrected chi connectivity index (χ3v) is 3.18. The Morgan fingerprint density at radius 1 is 1.32 bits per heavy atom. The lowest BCUT2D eigenvalue weighted by Crippen LogP contribution is -2.39. The third-order valence-electron chi connectivity index (χ3n) is 3.18. The van der Waals surface area contributed by atoms with Gasteiger partial charge in [0.25, 0.3) is 0 Å². The van der Waals surface area contributed by atoms with Gasteiger partial charge < -0.3 is 15.2 Å². The molecule has 22 heavy (non-hydrogen) atoms. The quantitative estimate of drug-likeness (QED) is 0.435. The summed E-state index contributed by atoms with van der Waals surface area (Å²) in [5, 5.41) is 6.71. The van der Waals surface area contributed by atoms with Crippen molar-refractivity contribution in [1.29, 1.82) is 0 Å². The number of rotatable bonds is 6. The fourth-order valence-electron chi connectivity index (χ4n) is 2.05. The molecule has 0 radical (unpaired) electrons. The Balaban J connectivity index is 0.00000242. The van der Waals surface area contributed by atoms with E-state index in [9.17, 15) is 0 Å². The van der Waals surface area contributed by atoms with Gasteiger partial charge in [0, 0.05) is 25.5 Å². The van der Waals surface area contributed by atoms with E-state index in [1.54, 1.807) is 6.20 Å². The largest absolute Gasteiger partial charge is 0.357 e. The van der Waals surface area contributed by atoms with Crippen molar-refractivity contribution in [3.8, 4) is 0 Å². The van der Waals surface area contributed by atoms with Crippen LogP contribution >= 0.6 is 24.0 Å². The summed E-state index contributed by atoms with van der Waals surface area (Å²) in [4.78, 5) is 8.63. The molecule has 0 fully saturated rings. The van der Waals surface area contributed by atoms with Crippen molar-refractivity contribution in [3.63, 3.8) is 0 Å². The topological polar surface area (TPSA) is 54.2 Å². The van der Waals surface area contributed by atoms with Crippen molar-refractivity contribution in [2.45, 2.75) is 26.4 Å². The highest BCUT2D eigenvalue weighted by Gasteiger charge is 2.06. The summed E-state index contributed by atoms with van der Waals surface area (Å²) in [7, 11) is 0. The first kappa shape index (κ1) is 18.5. The van der Waals surface area contributed by atoms with Crippen LogP contribution in [0.3, 0.4) is 0 Å². The van der Waals surface area contributed by atoms with Crippen LogP contribution in [0.4, 0.5) is 0 Å². The summed E-state index contributed by atoms with van der Waals surface area (Å²) in [6, 6.07) is 10.6. The molecule has 0 spiro atoms. The number of imidazole rings is 1. The fraction of sp³-hybridized carbons (Fsp3) is 0.375. The molecule has 1 heterocycles. The lowest BCUT2D eigenvalue weighted by molar-refractivity contribution is 0.668. The zero-order valence-electron chi connectivity index (χ0n) is 13.1. The highest BCUT2D eigenvalue weighted by Crippen LogP contribution is 2.10. The molecule has 1 unspecified atom stereocenters. The summed E-state index contributed by atoms with van der Waals surface area (Å²) >= 11 is 0. The van der Waals surface area contributed by atoms with Gasteiger partial charge in [0.15, 0.2) is 5.96 Å². The predicted molar refractivity (Wildman–Crippen MR) is 102 cm³/mol. The summed E-state index contributed by atoms with van der Waals surface area (Å²) in [5.74, 6) is 0.842. The molecular weight excluding hydrogens is 389 g/mol. The lowest BCUT2D eigenvalue weighted by Gasteiger charge is -2.18. The Labute approximate surface area is 149 Å². The number of aliphatic imine (C=N–C) groups is 1. The fourth-order valence-corrected chi connectivity index (χ4v) is 2.05. The van der Waals surface area contributed by atoms with E-state index in [0.717, 1.165) is 19.0 Å². The smallest absolute Gasteiger partial charge is 0.191 e. The van der Waals surface area contributed by atoms with Gasteiger partial charge in [0.2, 0.25) is 0 Å². The van der Waals surface area contributed by atoms with Gasteiger partial charge in [-0.2, -0.15) is 0 Å². The molecule has 5 nitrogen and oxygen atoms in total. The minimum atomic E-state index is 0. The normalized spacial score (nSPS) is 12.4. The summed E-state index contributed by atoms with van der Waals surface area (Å²) in [5.41, 5.74) is 1.25. The van der Waals surface area contributed by atoms with Crippen molar-refractivity contribution in [3.05, 3.63) is 54.6 Å². The second kappa shape index (κ2) is 10.2. The van der Waals surface area contributed by atoms with Crippen LogP contribution in [-0.2, 0) is 6.54 Å². The van der Waals surface area contributed by atoms with Crippen LogP contribution in [0, 0.1) is 0 Å². The Kier molecular flexibility index (Phi) is 8.57. The Morgan fingerprint density at radius 3 is 2.73 bits per heavy atom. The molecule has 2 rings (SSSR count). The first-order chi connectivity index (χ1) is 10.3. The van der Waals surface area contributed by atoms with Crippen LogP contribution in [0.25, 0.3) is 0 Å². The van der Waals surface area contributed by atoms with Gasteiger partial charge in [0.1, 0.15) is 0 Å². The predicted octanol–water partition coefficient (Wildman–Crippen LogP) is 2.82. The van der Waals surface area contributed by atoms with E-state index in [4.69, 9.17) is 0 Å². The van der Waals surface area contributed by atoms with E-state index in [0.29, 0.717) is 6.54 Å². The molecule has 0 saturated heterocycles. The van der Waals surface area contributed by atoms with Crippen molar-refractivity contribution in [2.75, 3.05) is 13.1 Å². The SMILES string of the molecule is CCNC(=NCCn1ccnc1)NC(C)c1ccccc1.I. The first-order valence-electron chi connectivity index (χ1n) is 7.35. The van der Waals surface area contributed by atoms with Crippen LogP contribution in [-0.4, -0.2) is 28.6 Å². The van der Waals surface area contributed by atoms with E-state index in [1.807, 2.05) is 23.2 Å². The third kappa shape index (κ3) is 6.05. The number of nitrogens with zero attached hydrogens (tertiary/aromatic N) is 3. The molecule has 6 heteroatoms. The molecule has 1 aromatic heterocycles. The molecule has 0 aliphatic rings. The minimum absolute atomic E-state index is 0. The van der Waals surface area contributed by atoms with Crippen LogP contribution in [0.15, 0.2) is 54.0 Å². The van der Waals surface area contributed by atoms with Gasteiger partial charge >= 0.3 is 0 Å². The van der Waals surface area contributed by atoms with Crippen LogP contribution in [0.1, 0.15) is 25.5 Å². The molecule has 2 aromatic rings. The maximum absolute atomic E-state index is 4.60. The number of hydrogen-bond donors (Lipinski definition) is 2. The molecule has 1 aromatic carbocycles. The lowest BCUT2D eigenvalue weighted by atomic mass is 10.1. The minimum Gasteiger partial charge on any atom is -0.357 e. The molecule has 0 bridgehead atoms. The Morgan fingerprint density at radius 2 is 2.09 bits per heavy atom. The van der Waals surface area contributed by atoms with Gasteiger partial charge in [-0.1, -0.05) is 30.3 Å². The highest BCUT2D eigenvalue weighted by atomic mass is 127. The van der Waals surface area contributed by atoms with Gasteiger partial charge in [0.05, 0.1) is 18.9 Å². The number of aromatic nitrogens is 2. The average Bonchev–Trinajstić information content (AvgIpc) is 3.01.